The van der Waals surface area contributed by atoms with Crippen LogP contribution in [0.15, 0.2) is 4.52 Å². The van der Waals surface area contributed by atoms with Crippen LogP contribution in [0.4, 0.5) is 0 Å². The van der Waals surface area contributed by atoms with Gasteiger partial charge in [0, 0.05) is 29.0 Å². The zero-order chi connectivity index (χ0) is 13.3. The van der Waals surface area contributed by atoms with Gasteiger partial charge in [-0.2, -0.15) is 4.98 Å². The molecule has 1 heterocycles. The van der Waals surface area contributed by atoms with E-state index < -0.39 is 0 Å². The number of hydrogen-bond donors (Lipinski definition) is 0. The van der Waals surface area contributed by atoms with Gasteiger partial charge in [0.05, 0.1) is 0 Å². The smallest absolute Gasteiger partial charge is 0.232 e. The SMILES string of the molecule is CC12CC3CC(C)(C1)CC(Cc1nc(I)no1)(C3)C2. The predicted molar refractivity (Wildman–Crippen MR) is 80.6 cm³/mol. The molecule has 0 amide bonds. The Hall–Kier alpha value is -0.130. The summed E-state index contributed by atoms with van der Waals surface area (Å²) in [7, 11) is 0. The van der Waals surface area contributed by atoms with Gasteiger partial charge in [0.15, 0.2) is 0 Å². The average Bonchev–Trinajstić information content (AvgIpc) is 2.56. The van der Waals surface area contributed by atoms with E-state index in [1.165, 1.54) is 38.5 Å². The minimum absolute atomic E-state index is 0.443. The molecule has 4 aliphatic rings. The van der Waals surface area contributed by atoms with Crippen LogP contribution in [0.2, 0.25) is 0 Å². The fourth-order valence-corrected chi connectivity index (χ4v) is 6.88. The first kappa shape index (κ1) is 12.6. The Morgan fingerprint density at radius 2 is 1.84 bits per heavy atom. The van der Waals surface area contributed by atoms with Gasteiger partial charge in [-0.3, -0.25) is 0 Å². The number of hydrogen-bond acceptors (Lipinski definition) is 3. The molecule has 1 aromatic rings. The average molecular weight is 372 g/mol. The minimum atomic E-state index is 0.443. The molecule has 2 unspecified atom stereocenters. The maximum Gasteiger partial charge on any atom is 0.232 e. The Balaban J connectivity index is 1.67. The molecule has 1 aromatic heterocycles. The second kappa shape index (κ2) is 3.74. The summed E-state index contributed by atoms with van der Waals surface area (Å²) in [5, 5.41) is 3.95. The van der Waals surface area contributed by atoms with Gasteiger partial charge in [0.2, 0.25) is 9.72 Å². The van der Waals surface area contributed by atoms with E-state index in [1.54, 1.807) is 0 Å². The van der Waals surface area contributed by atoms with Crippen molar-refractivity contribution < 1.29 is 4.52 Å². The molecule has 2 atom stereocenters. The molecule has 4 heteroatoms. The Bertz CT molecular complexity index is 508. The lowest BCUT2D eigenvalue weighted by Gasteiger charge is -2.65. The maximum atomic E-state index is 5.40. The van der Waals surface area contributed by atoms with Gasteiger partial charge in [0.25, 0.3) is 0 Å². The zero-order valence-corrected chi connectivity index (χ0v) is 13.9. The van der Waals surface area contributed by atoms with Gasteiger partial charge in [0.1, 0.15) is 0 Å². The Labute approximate surface area is 128 Å². The van der Waals surface area contributed by atoms with Crippen molar-refractivity contribution >= 4 is 22.6 Å². The van der Waals surface area contributed by atoms with E-state index in [2.05, 4.69) is 46.6 Å². The van der Waals surface area contributed by atoms with E-state index in [0.29, 0.717) is 16.2 Å². The lowest BCUT2D eigenvalue weighted by Crippen LogP contribution is -2.55. The van der Waals surface area contributed by atoms with Crippen molar-refractivity contribution in [3.63, 3.8) is 0 Å². The van der Waals surface area contributed by atoms with E-state index >= 15 is 0 Å². The monoisotopic (exact) mass is 372 g/mol. The minimum Gasteiger partial charge on any atom is -0.339 e. The molecule has 4 saturated carbocycles. The fourth-order valence-electron chi connectivity index (χ4n) is 6.51. The summed E-state index contributed by atoms with van der Waals surface area (Å²) >= 11 is 2.13. The van der Waals surface area contributed by atoms with Gasteiger partial charge >= 0.3 is 0 Å². The van der Waals surface area contributed by atoms with Gasteiger partial charge < -0.3 is 4.52 Å². The van der Waals surface area contributed by atoms with E-state index in [-0.39, 0.29) is 0 Å². The van der Waals surface area contributed by atoms with Crippen LogP contribution in [-0.4, -0.2) is 10.1 Å². The zero-order valence-electron chi connectivity index (χ0n) is 11.7. The molecule has 104 valence electrons. The van der Waals surface area contributed by atoms with Crippen molar-refractivity contribution in [3.8, 4) is 0 Å². The van der Waals surface area contributed by atoms with Crippen LogP contribution in [0.25, 0.3) is 0 Å². The number of halogens is 1. The number of rotatable bonds is 2. The van der Waals surface area contributed by atoms with Crippen molar-refractivity contribution in [1.29, 1.82) is 0 Å². The molecule has 0 N–H and O–H groups in total. The molecule has 0 aliphatic heterocycles. The summed E-state index contributed by atoms with van der Waals surface area (Å²) in [5.74, 6) is 1.80. The van der Waals surface area contributed by atoms with E-state index in [9.17, 15) is 0 Å². The van der Waals surface area contributed by atoms with Crippen LogP contribution in [0.5, 0.6) is 0 Å². The summed E-state index contributed by atoms with van der Waals surface area (Å²) in [4.78, 5) is 4.44. The van der Waals surface area contributed by atoms with Crippen molar-refractivity contribution in [2.45, 2.75) is 58.8 Å². The van der Waals surface area contributed by atoms with Gasteiger partial charge in [-0.1, -0.05) is 19.0 Å². The fraction of sp³-hybridized carbons (Fsp3) is 0.867. The molecule has 0 saturated heterocycles. The Morgan fingerprint density at radius 1 is 1.16 bits per heavy atom. The van der Waals surface area contributed by atoms with E-state index in [0.717, 1.165) is 22.1 Å². The largest absolute Gasteiger partial charge is 0.339 e. The Kier molecular flexibility index (Phi) is 2.48. The highest BCUT2D eigenvalue weighted by Gasteiger charge is 2.60. The third kappa shape index (κ3) is 2.05. The maximum absolute atomic E-state index is 5.40. The lowest BCUT2D eigenvalue weighted by molar-refractivity contribution is -0.146. The lowest BCUT2D eigenvalue weighted by atomic mass is 9.40. The summed E-state index contributed by atoms with van der Waals surface area (Å²) in [6, 6.07) is 0. The van der Waals surface area contributed by atoms with Gasteiger partial charge in [-0.15, -0.1) is 0 Å². The predicted octanol–water partition coefficient (Wildman–Crippen LogP) is 4.21. The van der Waals surface area contributed by atoms with Crippen molar-refractivity contribution in [1.82, 2.24) is 10.1 Å². The van der Waals surface area contributed by atoms with Crippen molar-refractivity contribution in [2.24, 2.45) is 22.2 Å². The quantitative estimate of drug-likeness (QED) is 0.730. The summed E-state index contributed by atoms with van der Waals surface area (Å²) < 4.78 is 6.15. The van der Waals surface area contributed by atoms with Crippen LogP contribution in [0.3, 0.4) is 0 Å². The molecule has 3 nitrogen and oxygen atoms in total. The van der Waals surface area contributed by atoms with Crippen LogP contribution >= 0.6 is 22.6 Å². The van der Waals surface area contributed by atoms with Crippen LogP contribution in [0.1, 0.15) is 58.3 Å². The highest BCUT2D eigenvalue weighted by Crippen LogP contribution is 2.70. The summed E-state index contributed by atoms with van der Waals surface area (Å²) in [6.07, 6.45) is 9.45. The number of aromatic nitrogens is 2. The molecule has 4 fully saturated rings. The van der Waals surface area contributed by atoms with Crippen LogP contribution in [0, 0.1) is 26.0 Å². The van der Waals surface area contributed by atoms with Crippen molar-refractivity contribution in [3.05, 3.63) is 9.72 Å². The Morgan fingerprint density at radius 3 is 2.37 bits per heavy atom. The van der Waals surface area contributed by atoms with Crippen LogP contribution < -0.4 is 0 Å². The molecular weight excluding hydrogens is 351 g/mol. The van der Waals surface area contributed by atoms with Crippen LogP contribution in [-0.2, 0) is 6.42 Å². The molecule has 4 bridgehead atoms. The summed E-state index contributed by atoms with van der Waals surface area (Å²) in [5.41, 5.74) is 1.58. The molecule has 4 aliphatic carbocycles. The molecular formula is C15H21IN2O. The second-order valence-electron chi connectivity index (χ2n) is 8.26. The third-order valence-corrected chi connectivity index (χ3v) is 6.15. The molecule has 0 aromatic carbocycles. The normalized spacial score (nSPS) is 47.8. The van der Waals surface area contributed by atoms with E-state index in [4.69, 9.17) is 4.52 Å². The highest BCUT2D eigenvalue weighted by molar-refractivity contribution is 14.1. The molecule has 0 spiro atoms. The van der Waals surface area contributed by atoms with Crippen molar-refractivity contribution in [2.75, 3.05) is 0 Å². The molecule has 19 heavy (non-hydrogen) atoms. The van der Waals surface area contributed by atoms with E-state index in [1.807, 2.05) is 0 Å². The topological polar surface area (TPSA) is 38.9 Å². The third-order valence-electron chi connectivity index (χ3n) is 5.71. The molecule has 0 radical (unpaired) electrons. The highest BCUT2D eigenvalue weighted by atomic mass is 127. The molecule has 5 rings (SSSR count). The van der Waals surface area contributed by atoms with Gasteiger partial charge in [-0.05, 0) is 60.7 Å². The first-order valence-corrected chi connectivity index (χ1v) is 8.44. The first-order chi connectivity index (χ1) is 8.88. The second-order valence-corrected chi connectivity index (χ2v) is 9.23. The number of nitrogens with zero attached hydrogens (tertiary/aromatic N) is 2. The van der Waals surface area contributed by atoms with Gasteiger partial charge in [-0.25, -0.2) is 0 Å². The standard InChI is InChI=1S/C15H21IN2O/c1-13-3-10-4-14(2,7-13)9-15(5-10,8-13)6-11-17-12(16)18-19-11/h10H,3-9H2,1-2H3. The first-order valence-electron chi connectivity index (χ1n) is 7.36. The summed E-state index contributed by atoms with van der Waals surface area (Å²) in [6.45, 7) is 5.03.